The molecular weight excluding hydrogens is 263 g/mol. The van der Waals surface area contributed by atoms with E-state index in [-0.39, 0.29) is 13.0 Å². The molecule has 2 rings (SSSR count). The molecule has 1 heterocycles. The number of nitrogens with zero attached hydrogens (tertiary/aromatic N) is 1. The first-order valence-corrected chi connectivity index (χ1v) is 5.47. The van der Waals surface area contributed by atoms with Crippen molar-refractivity contribution in [3.05, 3.63) is 35.4 Å². The molecule has 0 amide bonds. The van der Waals surface area contributed by atoms with Crippen molar-refractivity contribution in [1.29, 1.82) is 0 Å². The van der Waals surface area contributed by atoms with E-state index in [1.165, 1.54) is 12.1 Å². The van der Waals surface area contributed by atoms with Gasteiger partial charge in [0.1, 0.15) is 6.10 Å². The number of alkyl halides is 3. The third kappa shape index (κ3) is 3.24. The predicted molar refractivity (Wildman–Crippen MR) is 60.0 cm³/mol. The van der Waals surface area contributed by atoms with Gasteiger partial charge in [-0.1, -0.05) is 18.2 Å². The van der Waals surface area contributed by atoms with Crippen LogP contribution in [0, 0.1) is 0 Å². The number of benzene rings is 1. The largest absolute Gasteiger partial charge is 0.474 e. The smallest absolute Gasteiger partial charge is 0.416 e. The lowest BCUT2D eigenvalue weighted by Crippen LogP contribution is -2.20. The van der Waals surface area contributed by atoms with Gasteiger partial charge in [0.2, 0.25) is 0 Å². The van der Waals surface area contributed by atoms with Crippen molar-refractivity contribution in [3.63, 3.8) is 0 Å². The zero-order valence-corrected chi connectivity index (χ0v) is 9.65. The van der Waals surface area contributed by atoms with Crippen LogP contribution in [0.1, 0.15) is 11.1 Å². The number of hydrogen-bond acceptors (Lipinski definition) is 3. The quantitative estimate of drug-likeness (QED) is 0.917. The second-order valence-corrected chi connectivity index (χ2v) is 4.09. The third-order valence-electron chi connectivity index (χ3n) is 2.62. The third-order valence-corrected chi connectivity index (χ3v) is 2.62. The Bertz CT molecular complexity index is 525. The molecule has 19 heavy (non-hydrogen) atoms. The van der Waals surface area contributed by atoms with E-state index in [9.17, 15) is 18.0 Å². The zero-order chi connectivity index (χ0) is 14.0. The maximum Gasteiger partial charge on any atom is 0.416 e. The van der Waals surface area contributed by atoms with Crippen molar-refractivity contribution in [1.82, 2.24) is 0 Å². The monoisotopic (exact) mass is 273 g/mol. The summed E-state index contributed by atoms with van der Waals surface area (Å²) in [7, 11) is 0. The summed E-state index contributed by atoms with van der Waals surface area (Å²) >= 11 is 0. The fourth-order valence-corrected chi connectivity index (χ4v) is 1.78. The molecule has 0 spiro atoms. The molecule has 7 heteroatoms. The van der Waals surface area contributed by atoms with E-state index in [1.807, 2.05) is 0 Å². The van der Waals surface area contributed by atoms with E-state index in [1.54, 1.807) is 0 Å². The molecule has 1 aromatic rings. The van der Waals surface area contributed by atoms with Crippen LogP contribution in [-0.2, 0) is 22.1 Å². The highest BCUT2D eigenvalue weighted by molar-refractivity contribution is 6.32. The molecule has 4 nitrogen and oxygen atoms in total. The second-order valence-electron chi connectivity index (χ2n) is 4.09. The number of carboxylic acid groups (broad SMARTS) is 1. The van der Waals surface area contributed by atoms with Gasteiger partial charge >= 0.3 is 12.1 Å². The lowest BCUT2D eigenvalue weighted by atomic mass is 10.0. The summed E-state index contributed by atoms with van der Waals surface area (Å²) in [5.74, 6) is -1.66. The number of carbonyl (C=O) groups is 1. The Balaban J connectivity index is 2.04. The SMILES string of the molecule is O=C(O)C1=NCC(Cc2cccc(C(F)(F)F)c2)O1. The summed E-state index contributed by atoms with van der Waals surface area (Å²) in [6, 6.07) is 4.86. The molecule has 102 valence electrons. The molecule has 0 saturated heterocycles. The summed E-state index contributed by atoms with van der Waals surface area (Å²) in [6.45, 7) is 0.137. The Morgan fingerprint density at radius 3 is 2.79 bits per heavy atom. The molecule has 0 saturated carbocycles. The molecule has 0 aromatic heterocycles. The van der Waals surface area contributed by atoms with Crippen LogP contribution in [0.5, 0.6) is 0 Å². The van der Waals surface area contributed by atoms with Crippen LogP contribution in [0.2, 0.25) is 0 Å². The number of aliphatic imine (C=N–C) groups is 1. The van der Waals surface area contributed by atoms with Crippen molar-refractivity contribution in [2.45, 2.75) is 18.7 Å². The van der Waals surface area contributed by atoms with Gasteiger partial charge in [-0.15, -0.1) is 0 Å². The van der Waals surface area contributed by atoms with E-state index in [0.717, 1.165) is 12.1 Å². The Morgan fingerprint density at radius 1 is 1.47 bits per heavy atom. The van der Waals surface area contributed by atoms with Crippen molar-refractivity contribution in [3.8, 4) is 0 Å². The minimum Gasteiger partial charge on any atom is -0.474 e. The van der Waals surface area contributed by atoms with E-state index in [0.29, 0.717) is 5.56 Å². The highest BCUT2D eigenvalue weighted by Crippen LogP contribution is 2.30. The van der Waals surface area contributed by atoms with E-state index in [2.05, 4.69) is 4.99 Å². The van der Waals surface area contributed by atoms with E-state index in [4.69, 9.17) is 9.84 Å². The molecule has 0 bridgehead atoms. The van der Waals surface area contributed by atoms with Gasteiger partial charge in [0, 0.05) is 6.42 Å². The number of aliphatic carboxylic acids is 1. The summed E-state index contributed by atoms with van der Waals surface area (Å²) in [5.41, 5.74) is -0.302. The maximum absolute atomic E-state index is 12.5. The maximum atomic E-state index is 12.5. The molecule has 0 fully saturated rings. The molecule has 0 aliphatic carbocycles. The van der Waals surface area contributed by atoms with Gasteiger partial charge in [0.25, 0.3) is 5.90 Å². The predicted octanol–water partition coefficient (Wildman–Crippen LogP) is 2.13. The van der Waals surface area contributed by atoms with Crippen LogP contribution in [0.4, 0.5) is 13.2 Å². The van der Waals surface area contributed by atoms with Gasteiger partial charge < -0.3 is 9.84 Å². The van der Waals surface area contributed by atoms with Gasteiger partial charge in [-0.2, -0.15) is 13.2 Å². The number of halogens is 3. The van der Waals surface area contributed by atoms with Crippen LogP contribution in [-0.4, -0.2) is 29.6 Å². The van der Waals surface area contributed by atoms with E-state index < -0.39 is 29.7 Å². The molecule has 1 aliphatic heterocycles. The number of ether oxygens (including phenoxy) is 1. The standard InChI is InChI=1S/C12H10F3NO3/c13-12(14,15)8-3-1-2-7(4-8)5-9-6-16-10(19-9)11(17)18/h1-4,9H,5-6H2,(H,17,18). The van der Waals surface area contributed by atoms with Crippen molar-refractivity contribution in [2.75, 3.05) is 6.54 Å². The van der Waals surface area contributed by atoms with Crippen LogP contribution >= 0.6 is 0 Å². The van der Waals surface area contributed by atoms with E-state index >= 15 is 0 Å². The van der Waals surface area contributed by atoms with Gasteiger partial charge in [0.15, 0.2) is 0 Å². The van der Waals surface area contributed by atoms with Gasteiger partial charge in [-0.3, -0.25) is 0 Å². The Labute approximate surface area is 106 Å². The number of rotatable bonds is 3. The Kier molecular flexibility index (Phi) is 3.46. The first-order chi connectivity index (χ1) is 8.86. The minimum absolute atomic E-state index is 0.137. The average molecular weight is 273 g/mol. The topological polar surface area (TPSA) is 58.9 Å². The fourth-order valence-electron chi connectivity index (χ4n) is 1.78. The Hall–Kier alpha value is -2.05. The van der Waals surface area contributed by atoms with Crippen molar-refractivity contribution < 1.29 is 27.8 Å². The first-order valence-electron chi connectivity index (χ1n) is 5.47. The number of hydrogen-bond donors (Lipinski definition) is 1. The number of carboxylic acids is 1. The van der Waals surface area contributed by atoms with Crippen LogP contribution in [0.25, 0.3) is 0 Å². The average Bonchev–Trinajstić information content (AvgIpc) is 2.77. The summed E-state index contributed by atoms with van der Waals surface area (Å²) in [4.78, 5) is 14.2. The summed E-state index contributed by atoms with van der Waals surface area (Å²) in [6.07, 6.45) is -4.74. The van der Waals surface area contributed by atoms with Gasteiger partial charge in [-0.05, 0) is 11.6 Å². The first kappa shape index (κ1) is 13.4. The normalized spacial score (nSPS) is 18.9. The van der Waals surface area contributed by atoms with Crippen LogP contribution < -0.4 is 0 Å². The summed E-state index contributed by atoms with van der Waals surface area (Å²) in [5, 5.41) is 8.64. The lowest BCUT2D eigenvalue weighted by molar-refractivity contribution is -0.137. The molecule has 1 atom stereocenters. The molecule has 1 unspecified atom stereocenters. The second kappa shape index (κ2) is 4.91. The molecular formula is C12H10F3NO3. The highest BCUT2D eigenvalue weighted by Gasteiger charge is 2.31. The lowest BCUT2D eigenvalue weighted by Gasteiger charge is -2.12. The molecule has 1 N–H and O–H groups in total. The Morgan fingerprint density at radius 2 is 2.21 bits per heavy atom. The summed E-state index contributed by atoms with van der Waals surface area (Å²) < 4.78 is 42.6. The molecule has 1 aromatic carbocycles. The van der Waals surface area contributed by atoms with Gasteiger partial charge in [-0.25, -0.2) is 9.79 Å². The minimum atomic E-state index is -4.39. The van der Waals surface area contributed by atoms with Crippen LogP contribution in [0.15, 0.2) is 29.3 Å². The highest BCUT2D eigenvalue weighted by atomic mass is 19.4. The van der Waals surface area contributed by atoms with Crippen molar-refractivity contribution >= 4 is 11.9 Å². The molecule has 0 radical (unpaired) electrons. The fraction of sp³-hybridized carbons (Fsp3) is 0.333. The molecule has 1 aliphatic rings. The van der Waals surface area contributed by atoms with Gasteiger partial charge in [0.05, 0.1) is 12.1 Å². The zero-order valence-electron chi connectivity index (χ0n) is 9.65. The van der Waals surface area contributed by atoms with Crippen molar-refractivity contribution in [2.24, 2.45) is 4.99 Å². The van der Waals surface area contributed by atoms with Crippen LogP contribution in [0.3, 0.4) is 0 Å².